The molecule has 4 aliphatic rings. The van der Waals surface area contributed by atoms with Crippen molar-refractivity contribution in [3.63, 3.8) is 0 Å². The van der Waals surface area contributed by atoms with Crippen LogP contribution in [-0.4, -0.2) is 41.6 Å². The van der Waals surface area contributed by atoms with Gasteiger partial charge in [-0.1, -0.05) is 0 Å². The molecule has 7 nitrogen and oxygen atoms in total. The number of benzene rings is 1. The number of aromatic nitrogens is 2. The van der Waals surface area contributed by atoms with Crippen LogP contribution in [-0.2, 0) is 17.7 Å². The van der Waals surface area contributed by atoms with Crippen molar-refractivity contribution in [2.45, 2.75) is 56.2 Å². The lowest BCUT2D eigenvalue weighted by Gasteiger charge is -2.53. The van der Waals surface area contributed by atoms with Crippen LogP contribution in [0.3, 0.4) is 0 Å². The van der Waals surface area contributed by atoms with Gasteiger partial charge in [0.15, 0.2) is 11.5 Å². The SMILES string of the molecule is COc1ccc2ncc(F)c(CCC34CCC(NCc5cc6c(cc5F)OCO6)(CC3)CO4)c2n1. The maximum absolute atomic E-state index is 14.7. The van der Waals surface area contributed by atoms with E-state index in [1.807, 2.05) is 0 Å². The molecule has 0 atom stereocenters. The van der Waals surface area contributed by atoms with Crippen LogP contribution in [0.5, 0.6) is 17.4 Å². The Morgan fingerprint density at radius 3 is 2.60 bits per heavy atom. The van der Waals surface area contributed by atoms with Crippen LogP contribution in [0.25, 0.3) is 11.0 Å². The van der Waals surface area contributed by atoms with E-state index in [0.29, 0.717) is 65.5 Å². The van der Waals surface area contributed by atoms with Crippen molar-refractivity contribution in [1.29, 1.82) is 0 Å². The fourth-order valence-electron chi connectivity index (χ4n) is 5.47. The van der Waals surface area contributed by atoms with Crippen LogP contribution in [0.15, 0.2) is 30.5 Å². The van der Waals surface area contributed by atoms with Crippen LogP contribution < -0.4 is 19.5 Å². The molecule has 1 aromatic carbocycles. The van der Waals surface area contributed by atoms with Crippen molar-refractivity contribution in [3.05, 3.63) is 53.2 Å². The summed E-state index contributed by atoms with van der Waals surface area (Å²) in [6.45, 7) is 1.06. The standard InChI is InChI=1S/C26H27F2N3O4/c1-32-23-3-2-20-24(31-23)17(19(28)13-29-20)4-5-26-8-6-25(7-9-26,14-35-26)30-12-16-10-21-22(11-18(16)27)34-15-33-21/h2-3,10-11,13,30H,4-9,12,14-15H2,1H3. The smallest absolute Gasteiger partial charge is 0.231 e. The highest BCUT2D eigenvalue weighted by molar-refractivity contribution is 5.78. The van der Waals surface area contributed by atoms with E-state index in [0.717, 1.165) is 25.7 Å². The number of halogens is 2. The topological polar surface area (TPSA) is 74.7 Å². The largest absolute Gasteiger partial charge is 0.481 e. The minimum Gasteiger partial charge on any atom is -0.481 e. The van der Waals surface area contributed by atoms with E-state index in [2.05, 4.69) is 15.3 Å². The fourth-order valence-corrected chi connectivity index (χ4v) is 5.47. The van der Waals surface area contributed by atoms with E-state index < -0.39 is 0 Å². The molecule has 3 fully saturated rings. The van der Waals surface area contributed by atoms with Gasteiger partial charge in [0, 0.05) is 35.3 Å². The van der Waals surface area contributed by atoms with Crippen LogP contribution in [0, 0.1) is 11.6 Å². The molecule has 184 valence electrons. The predicted octanol–water partition coefficient (Wildman–Crippen LogP) is 4.45. The minimum absolute atomic E-state index is 0.119. The summed E-state index contributed by atoms with van der Waals surface area (Å²) in [5.74, 6) is 0.789. The number of hydrogen-bond acceptors (Lipinski definition) is 7. The van der Waals surface area contributed by atoms with Crippen molar-refractivity contribution in [1.82, 2.24) is 15.3 Å². The van der Waals surface area contributed by atoms with Crippen LogP contribution in [0.2, 0.25) is 0 Å². The quantitative estimate of drug-likeness (QED) is 0.532. The molecule has 0 radical (unpaired) electrons. The molecule has 3 aliphatic heterocycles. The van der Waals surface area contributed by atoms with E-state index in [1.165, 1.54) is 12.3 Å². The lowest BCUT2D eigenvalue weighted by molar-refractivity contribution is -0.165. The van der Waals surface area contributed by atoms with Gasteiger partial charge in [-0.3, -0.25) is 4.98 Å². The minimum atomic E-state index is -0.358. The molecule has 1 N–H and O–H groups in total. The number of methoxy groups -OCH3 is 1. The zero-order valence-corrected chi connectivity index (χ0v) is 19.5. The van der Waals surface area contributed by atoms with E-state index in [9.17, 15) is 8.78 Å². The molecule has 0 amide bonds. The molecule has 2 aromatic heterocycles. The Morgan fingerprint density at radius 1 is 1.06 bits per heavy atom. The molecule has 2 saturated heterocycles. The zero-order valence-electron chi connectivity index (χ0n) is 19.5. The van der Waals surface area contributed by atoms with Gasteiger partial charge in [0.1, 0.15) is 11.6 Å². The van der Waals surface area contributed by atoms with Gasteiger partial charge >= 0.3 is 0 Å². The van der Waals surface area contributed by atoms with Gasteiger partial charge < -0.3 is 24.3 Å². The molecule has 0 spiro atoms. The van der Waals surface area contributed by atoms with Gasteiger partial charge in [-0.15, -0.1) is 0 Å². The first-order valence-corrected chi connectivity index (χ1v) is 11.9. The third-order valence-electron chi connectivity index (χ3n) is 7.75. The second kappa shape index (κ2) is 8.57. The van der Waals surface area contributed by atoms with Crippen molar-refractivity contribution in [2.75, 3.05) is 20.5 Å². The highest BCUT2D eigenvalue weighted by atomic mass is 19.1. The predicted molar refractivity (Wildman–Crippen MR) is 124 cm³/mol. The maximum Gasteiger partial charge on any atom is 0.231 e. The molecule has 5 heterocycles. The van der Waals surface area contributed by atoms with E-state index in [1.54, 1.807) is 25.3 Å². The third kappa shape index (κ3) is 4.06. The maximum atomic E-state index is 14.7. The molecular formula is C26H27F2N3O4. The number of pyridine rings is 2. The molecule has 3 aromatic rings. The van der Waals surface area contributed by atoms with Crippen molar-refractivity contribution in [3.8, 4) is 17.4 Å². The van der Waals surface area contributed by atoms with Gasteiger partial charge in [-0.2, -0.15) is 0 Å². The van der Waals surface area contributed by atoms with Gasteiger partial charge in [-0.05, 0) is 50.7 Å². The number of fused-ring (bicyclic) bond motifs is 5. The number of nitrogens with zero attached hydrogens (tertiary/aromatic N) is 2. The molecule has 0 unspecified atom stereocenters. The third-order valence-corrected chi connectivity index (χ3v) is 7.75. The Morgan fingerprint density at radius 2 is 1.86 bits per heavy atom. The summed E-state index contributed by atoms with van der Waals surface area (Å²) in [4.78, 5) is 8.61. The first-order chi connectivity index (χ1) is 17.0. The molecule has 2 bridgehead atoms. The van der Waals surface area contributed by atoms with Gasteiger partial charge in [0.05, 0.1) is 36.5 Å². The van der Waals surface area contributed by atoms with Gasteiger partial charge in [0.25, 0.3) is 0 Å². The monoisotopic (exact) mass is 483 g/mol. The Bertz CT molecular complexity index is 1260. The van der Waals surface area contributed by atoms with Gasteiger partial charge in [-0.25, -0.2) is 13.8 Å². The number of rotatable bonds is 7. The summed E-state index contributed by atoms with van der Waals surface area (Å²) >= 11 is 0. The lowest BCUT2D eigenvalue weighted by atomic mass is 9.69. The Kier molecular flexibility index (Phi) is 5.49. The lowest BCUT2D eigenvalue weighted by Crippen LogP contribution is -2.61. The second-order valence-corrected chi connectivity index (χ2v) is 9.71. The molecule has 1 aliphatic carbocycles. The Hall–Kier alpha value is -3.04. The van der Waals surface area contributed by atoms with E-state index in [-0.39, 0.29) is 29.6 Å². The highest BCUT2D eigenvalue weighted by Gasteiger charge is 2.49. The summed E-state index contributed by atoms with van der Waals surface area (Å²) in [5.41, 5.74) is 1.81. The summed E-state index contributed by atoms with van der Waals surface area (Å²) in [6, 6.07) is 6.60. The molecule has 9 heteroatoms. The van der Waals surface area contributed by atoms with Crippen molar-refractivity contribution < 1.29 is 27.7 Å². The normalized spacial score (nSPS) is 24.8. The zero-order chi connectivity index (χ0) is 24.0. The number of ether oxygens (including phenoxy) is 4. The van der Waals surface area contributed by atoms with Crippen molar-refractivity contribution >= 4 is 11.0 Å². The molecular weight excluding hydrogens is 456 g/mol. The first-order valence-electron chi connectivity index (χ1n) is 11.9. The molecule has 7 rings (SSSR count). The fraction of sp³-hybridized carbons (Fsp3) is 0.462. The second-order valence-electron chi connectivity index (χ2n) is 9.71. The Balaban J connectivity index is 1.12. The summed E-state index contributed by atoms with van der Waals surface area (Å²) in [7, 11) is 1.54. The molecule has 1 saturated carbocycles. The summed E-state index contributed by atoms with van der Waals surface area (Å²) in [6.07, 6.45) is 6.05. The number of aryl methyl sites for hydroxylation is 1. The highest BCUT2D eigenvalue weighted by Crippen LogP contribution is 2.46. The van der Waals surface area contributed by atoms with Crippen LogP contribution in [0.1, 0.15) is 43.2 Å². The van der Waals surface area contributed by atoms with E-state index in [4.69, 9.17) is 18.9 Å². The van der Waals surface area contributed by atoms with Crippen molar-refractivity contribution in [2.24, 2.45) is 0 Å². The van der Waals surface area contributed by atoms with Gasteiger partial charge in [0.2, 0.25) is 12.7 Å². The number of nitrogens with one attached hydrogen (secondary N) is 1. The average molecular weight is 484 g/mol. The van der Waals surface area contributed by atoms with Crippen LogP contribution in [0.4, 0.5) is 8.78 Å². The van der Waals surface area contributed by atoms with E-state index >= 15 is 0 Å². The Labute approximate surface area is 201 Å². The summed E-state index contributed by atoms with van der Waals surface area (Å²) in [5, 5.41) is 3.55. The summed E-state index contributed by atoms with van der Waals surface area (Å²) < 4.78 is 51.5. The molecule has 35 heavy (non-hydrogen) atoms. The first kappa shape index (κ1) is 22.4. The average Bonchev–Trinajstić information content (AvgIpc) is 3.34. The van der Waals surface area contributed by atoms with Crippen LogP contribution >= 0.6 is 0 Å². The number of hydrogen-bond donors (Lipinski definition) is 1.